The molecule has 0 unspecified atom stereocenters. The fraction of sp³-hybridized carbons (Fsp3) is 0.625. The smallest absolute Gasteiger partial charge is 0.271 e. The van der Waals surface area contributed by atoms with E-state index in [-0.39, 0.29) is 29.4 Å². The van der Waals surface area contributed by atoms with Gasteiger partial charge in [0, 0.05) is 48.6 Å². The minimum atomic E-state index is -0.365. The van der Waals surface area contributed by atoms with E-state index < -0.39 is 0 Å². The van der Waals surface area contributed by atoms with Crippen molar-refractivity contribution in [3.63, 3.8) is 0 Å². The molecule has 0 saturated carbocycles. The number of hydrogen-bond acceptors (Lipinski definition) is 5. The molecule has 0 bridgehead atoms. The highest BCUT2D eigenvalue weighted by Gasteiger charge is 2.39. The number of aliphatic hydroxyl groups is 1. The fourth-order valence-corrected chi connectivity index (χ4v) is 3.64. The number of anilines is 1. The van der Waals surface area contributed by atoms with E-state index in [0.29, 0.717) is 5.92 Å². The summed E-state index contributed by atoms with van der Waals surface area (Å²) in [6.07, 6.45) is 4.89. The van der Waals surface area contributed by atoms with Gasteiger partial charge in [0.15, 0.2) is 0 Å². The van der Waals surface area contributed by atoms with E-state index in [1.165, 1.54) is 0 Å². The number of ether oxygens (including phenoxy) is 1. The number of unbranched alkanes of at least 4 members (excludes halogenated alkanes) is 1. The van der Waals surface area contributed by atoms with E-state index in [4.69, 9.17) is 9.84 Å². The summed E-state index contributed by atoms with van der Waals surface area (Å²) in [5.74, 6) is 0.404. The van der Waals surface area contributed by atoms with Crippen LogP contribution in [0, 0.1) is 16.0 Å². The molecule has 1 aromatic rings. The predicted octanol–water partition coefficient (Wildman–Crippen LogP) is 3.02. The zero-order chi connectivity index (χ0) is 15.5. The van der Waals surface area contributed by atoms with Crippen molar-refractivity contribution >= 4 is 11.4 Å². The van der Waals surface area contributed by atoms with Crippen LogP contribution in [0.1, 0.15) is 43.8 Å². The Labute approximate surface area is 129 Å². The van der Waals surface area contributed by atoms with Crippen LogP contribution in [0.4, 0.5) is 11.4 Å². The van der Waals surface area contributed by atoms with Crippen molar-refractivity contribution in [3.8, 4) is 0 Å². The first-order valence-corrected chi connectivity index (χ1v) is 7.98. The van der Waals surface area contributed by atoms with Gasteiger partial charge in [0.2, 0.25) is 0 Å². The molecule has 2 heterocycles. The molecule has 0 spiro atoms. The molecule has 1 saturated heterocycles. The first-order chi connectivity index (χ1) is 10.7. The van der Waals surface area contributed by atoms with Crippen molar-refractivity contribution in [2.45, 2.75) is 44.2 Å². The van der Waals surface area contributed by atoms with E-state index in [1.54, 1.807) is 12.1 Å². The first-order valence-electron chi connectivity index (χ1n) is 7.98. The number of nitro benzene ring substituents is 1. The maximum absolute atomic E-state index is 11.0. The highest BCUT2D eigenvalue weighted by atomic mass is 16.6. The molecular formula is C16H22N2O4. The molecule has 0 aromatic heterocycles. The van der Waals surface area contributed by atoms with Crippen LogP contribution in [0.2, 0.25) is 0 Å². The molecule has 2 aliphatic heterocycles. The molecule has 0 radical (unpaired) electrons. The Morgan fingerprint density at radius 1 is 1.41 bits per heavy atom. The van der Waals surface area contributed by atoms with Crippen molar-refractivity contribution in [1.29, 1.82) is 0 Å². The molecule has 1 fully saturated rings. The minimum absolute atomic E-state index is 0.0323. The lowest BCUT2D eigenvalue weighted by Crippen LogP contribution is -2.41. The van der Waals surface area contributed by atoms with Crippen LogP contribution < -0.4 is 5.32 Å². The molecule has 6 heteroatoms. The van der Waals surface area contributed by atoms with E-state index in [0.717, 1.165) is 50.0 Å². The number of nitro groups is 1. The van der Waals surface area contributed by atoms with Crippen LogP contribution in [0.25, 0.3) is 0 Å². The summed E-state index contributed by atoms with van der Waals surface area (Å²) in [6, 6.07) is 5.25. The summed E-state index contributed by atoms with van der Waals surface area (Å²) in [5, 5.41) is 23.4. The topological polar surface area (TPSA) is 84.6 Å². The largest absolute Gasteiger partial charge is 0.396 e. The molecule has 3 atom stereocenters. The van der Waals surface area contributed by atoms with Crippen molar-refractivity contribution < 1.29 is 14.8 Å². The summed E-state index contributed by atoms with van der Waals surface area (Å²) in [4.78, 5) is 10.6. The van der Waals surface area contributed by atoms with Gasteiger partial charge in [-0.25, -0.2) is 0 Å². The highest BCUT2D eigenvalue weighted by Crippen LogP contribution is 2.45. The molecule has 2 N–H and O–H groups in total. The molecule has 3 rings (SSSR count). The lowest BCUT2D eigenvalue weighted by molar-refractivity contribution is -0.384. The third-order valence-electron chi connectivity index (χ3n) is 4.70. The molecule has 22 heavy (non-hydrogen) atoms. The third kappa shape index (κ3) is 2.94. The zero-order valence-electron chi connectivity index (χ0n) is 12.5. The van der Waals surface area contributed by atoms with Crippen molar-refractivity contribution in [1.82, 2.24) is 0 Å². The zero-order valence-corrected chi connectivity index (χ0v) is 12.5. The Morgan fingerprint density at radius 2 is 2.27 bits per heavy atom. The molecule has 1 aromatic carbocycles. The molecule has 120 valence electrons. The van der Waals surface area contributed by atoms with E-state index >= 15 is 0 Å². The second-order valence-corrected chi connectivity index (χ2v) is 6.10. The van der Waals surface area contributed by atoms with Gasteiger partial charge in [-0.05, 0) is 38.2 Å². The monoisotopic (exact) mass is 306 g/mol. The van der Waals surface area contributed by atoms with E-state index in [1.807, 2.05) is 6.07 Å². The normalized spacial score (nSPS) is 26.7. The third-order valence-corrected chi connectivity index (χ3v) is 4.70. The Bertz CT molecular complexity index is 549. The second-order valence-electron chi connectivity index (χ2n) is 6.10. The average Bonchev–Trinajstić information content (AvgIpc) is 2.54. The standard InChI is InChI=1S/C16H22N2O4/c19-8-2-1-5-14-12-4-3-9-22-16(12)13-7-6-11(18(20)21)10-15(13)17-14/h6-7,10,12,14,16-17,19H,1-5,8-9H2/t12-,14-,16-/m0/s1. The predicted molar refractivity (Wildman–Crippen MR) is 82.9 cm³/mol. The van der Waals surface area contributed by atoms with Crippen molar-refractivity contribution in [2.75, 3.05) is 18.5 Å². The Kier molecular flexibility index (Phi) is 4.59. The summed E-state index contributed by atoms with van der Waals surface area (Å²) in [5.41, 5.74) is 1.97. The van der Waals surface area contributed by atoms with Gasteiger partial charge >= 0.3 is 0 Å². The maximum Gasteiger partial charge on any atom is 0.271 e. The summed E-state index contributed by atoms with van der Waals surface area (Å²) >= 11 is 0. The molecular weight excluding hydrogens is 284 g/mol. The average molecular weight is 306 g/mol. The SMILES string of the molecule is O=[N+]([O-])c1ccc2c(c1)N[C@@H](CCCCO)[C@@H]1CCCO[C@H]21. The minimum Gasteiger partial charge on any atom is -0.396 e. The molecule has 6 nitrogen and oxygen atoms in total. The highest BCUT2D eigenvalue weighted by molar-refractivity contribution is 5.60. The van der Waals surface area contributed by atoms with Gasteiger partial charge in [0.1, 0.15) is 0 Å². The Balaban J connectivity index is 1.86. The fourth-order valence-electron chi connectivity index (χ4n) is 3.64. The van der Waals surface area contributed by atoms with Crippen LogP contribution >= 0.6 is 0 Å². The number of nitrogens with zero attached hydrogens (tertiary/aromatic N) is 1. The lowest BCUT2D eigenvalue weighted by Gasteiger charge is -2.43. The molecule has 0 amide bonds. The van der Waals surface area contributed by atoms with Crippen molar-refractivity contribution in [3.05, 3.63) is 33.9 Å². The van der Waals surface area contributed by atoms with Crippen LogP contribution in [-0.4, -0.2) is 29.3 Å². The quantitative estimate of drug-likeness (QED) is 0.496. The maximum atomic E-state index is 11.0. The summed E-state index contributed by atoms with van der Waals surface area (Å²) in [6.45, 7) is 0.959. The number of hydrogen-bond donors (Lipinski definition) is 2. The second kappa shape index (κ2) is 6.62. The van der Waals surface area contributed by atoms with Gasteiger partial charge in [-0.1, -0.05) is 0 Å². The van der Waals surface area contributed by atoms with Gasteiger partial charge in [-0.3, -0.25) is 10.1 Å². The van der Waals surface area contributed by atoms with E-state index in [2.05, 4.69) is 5.32 Å². The van der Waals surface area contributed by atoms with Crippen LogP contribution in [0.15, 0.2) is 18.2 Å². The van der Waals surface area contributed by atoms with Gasteiger partial charge in [-0.15, -0.1) is 0 Å². The number of rotatable bonds is 5. The van der Waals surface area contributed by atoms with Gasteiger partial charge < -0.3 is 15.2 Å². The van der Waals surface area contributed by atoms with Crippen LogP contribution in [-0.2, 0) is 4.74 Å². The molecule has 0 aliphatic carbocycles. The Hall–Kier alpha value is -1.66. The summed E-state index contributed by atoms with van der Waals surface area (Å²) < 4.78 is 5.99. The Morgan fingerprint density at radius 3 is 3.05 bits per heavy atom. The summed E-state index contributed by atoms with van der Waals surface area (Å²) in [7, 11) is 0. The number of fused-ring (bicyclic) bond motifs is 3. The molecule has 2 aliphatic rings. The first kappa shape index (κ1) is 15.2. The lowest BCUT2D eigenvalue weighted by atomic mass is 9.78. The van der Waals surface area contributed by atoms with Crippen LogP contribution in [0.3, 0.4) is 0 Å². The number of aliphatic hydroxyl groups excluding tert-OH is 1. The van der Waals surface area contributed by atoms with E-state index in [9.17, 15) is 10.1 Å². The number of non-ortho nitro benzene ring substituents is 1. The van der Waals surface area contributed by atoms with Crippen LogP contribution in [0.5, 0.6) is 0 Å². The van der Waals surface area contributed by atoms with Gasteiger partial charge in [0.25, 0.3) is 5.69 Å². The number of nitrogens with one attached hydrogen (secondary N) is 1. The van der Waals surface area contributed by atoms with Gasteiger partial charge in [-0.2, -0.15) is 0 Å². The van der Waals surface area contributed by atoms with Crippen molar-refractivity contribution in [2.24, 2.45) is 5.92 Å². The van der Waals surface area contributed by atoms with Gasteiger partial charge in [0.05, 0.1) is 11.0 Å². The number of benzene rings is 1.